The van der Waals surface area contributed by atoms with E-state index < -0.39 is 10.1 Å². The Morgan fingerprint density at radius 1 is 1.31 bits per heavy atom. The second-order valence-corrected chi connectivity index (χ2v) is 10.2. The highest BCUT2D eigenvalue weighted by Gasteiger charge is 2.36. The number of benzene rings is 1. The van der Waals surface area contributed by atoms with E-state index in [1.54, 1.807) is 24.3 Å². The molecule has 156 valence electrons. The standard InChI is InChI=1S/C21H26BrN3O3S/c1-15-4-7-18(8-5-15)29(26,27)28-12-11-25-20-9-6-16(22)13-19(20)24-21(25)14-17-3-2-10-23-17/h4-9,13,17,19-20,23H,2-3,10-12,14H2,1H3/t17-,19?,20?/m0/s1. The lowest BCUT2D eigenvalue weighted by Crippen LogP contribution is -2.42. The number of nitrogens with zero attached hydrogens (tertiary/aromatic N) is 2. The van der Waals surface area contributed by atoms with Gasteiger partial charge in [-0.2, -0.15) is 8.42 Å². The Labute approximate surface area is 181 Å². The molecule has 0 saturated carbocycles. The first-order valence-corrected chi connectivity index (χ1v) is 12.2. The molecule has 0 aromatic heterocycles. The van der Waals surface area contributed by atoms with Gasteiger partial charge < -0.3 is 10.2 Å². The van der Waals surface area contributed by atoms with Gasteiger partial charge in [0, 0.05) is 23.5 Å². The Morgan fingerprint density at radius 2 is 2.10 bits per heavy atom. The third-order valence-electron chi connectivity index (χ3n) is 5.59. The van der Waals surface area contributed by atoms with Crippen LogP contribution < -0.4 is 5.32 Å². The van der Waals surface area contributed by atoms with E-state index in [0.29, 0.717) is 12.6 Å². The van der Waals surface area contributed by atoms with Crippen molar-refractivity contribution in [2.24, 2.45) is 4.99 Å². The summed E-state index contributed by atoms with van der Waals surface area (Å²) in [7, 11) is -3.76. The van der Waals surface area contributed by atoms with Gasteiger partial charge in [-0.05, 0) is 44.5 Å². The number of rotatable bonds is 7. The highest BCUT2D eigenvalue weighted by Crippen LogP contribution is 2.29. The minimum absolute atomic E-state index is 0.0551. The Bertz CT molecular complexity index is 934. The summed E-state index contributed by atoms with van der Waals surface area (Å²) < 4.78 is 31.4. The van der Waals surface area contributed by atoms with Crippen molar-refractivity contribution < 1.29 is 12.6 Å². The molecule has 0 bridgehead atoms. The molecule has 4 rings (SSSR count). The molecule has 1 aromatic carbocycles. The van der Waals surface area contributed by atoms with E-state index in [9.17, 15) is 8.42 Å². The molecule has 0 spiro atoms. The summed E-state index contributed by atoms with van der Waals surface area (Å²) in [5.74, 6) is 1.03. The second-order valence-electron chi connectivity index (χ2n) is 7.72. The van der Waals surface area contributed by atoms with Gasteiger partial charge in [-0.25, -0.2) is 0 Å². The van der Waals surface area contributed by atoms with Gasteiger partial charge in [-0.3, -0.25) is 9.18 Å². The number of aryl methyl sites for hydroxylation is 1. The lowest BCUT2D eigenvalue weighted by molar-refractivity contribution is 0.256. The molecule has 1 aromatic rings. The zero-order chi connectivity index (χ0) is 20.4. The van der Waals surface area contributed by atoms with Crippen molar-refractivity contribution in [2.45, 2.75) is 49.2 Å². The van der Waals surface area contributed by atoms with Crippen molar-refractivity contribution in [1.29, 1.82) is 0 Å². The van der Waals surface area contributed by atoms with Gasteiger partial charge in [0.15, 0.2) is 0 Å². The Morgan fingerprint density at radius 3 is 2.83 bits per heavy atom. The van der Waals surface area contributed by atoms with E-state index in [0.717, 1.165) is 35.3 Å². The van der Waals surface area contributed by atoms with Gasteiger partial charge in [-0.1, -0.05) is 45.8 Å². The van der Waals surface area contributed by atoms with Crippen LogP contribution >= 0.6 is 15.9 Å². The summed E-state index contributed by atoms with van der Waals surface area (Å²) in [6.45, 7) is 3.54. The van der Waals surface area contributed by atoms with Crippen molar-refractivity contribution in [2.75, 3.05) is 19.7 Å². The van der Waals surface area contributed by atoms with Crippen LogP contribution in [0.1, 0.15) is 24.8 Å². The minimum atomic E-state index is -3.76. The van der Waals surface area contributed by atoms with Crippen LogP contribution in [0.5, 0.6) is 0 Å². The monoisotopic (exact) mass is 479 g/mol. The highest BCUT2D eigenvalue weighted by molar-refractivity contribution is 9.11. The van der Waals surface area contributed by atoms with Crippen LogP contribution in [0.2, 0.25) is 0 Å². The molecule has 6 nitrogen and oxygen atoms in total. The molecular weight excluding hydrogens is 454 g/mol. The van der Waals surface area contributed by atoms with Crippen LogP contribution in [0.25, 0.3) is 0 Å². The zero-order valence-electron chi connectivity index (χ0n) is 16.4. The smallest absolute Gasteiger partial charge is 0.297 e. The van der Waals surface area contributed by atoms with E-state index in [-0.39, 0.29) is 23.6 Å². The number of allylic oxidation sites excluding steroid dienone is 2. The van der Waals surface area contributed by atoms with Gasteiger partial charge in [0.05, 0.1) is 23.6 Å². The molecule has 1 N–H and O–H groups in total. The van der Waals surface area contributed by atoms with Crippen LogP contribution in [0.15, 0.2) is 56.9 Å². The molecule has 1 fully saturated rings. The average Bonchev–Trinajstić information content (AvgIpc) is 3.30. The van der Waals surface area contributed by atoms with E-state index >= 15 is 0 Å². The lowest BCUT2D eigenvalue weighted by atomic mass is 10.0. The predicted molar refractivity (Wildman–Crippen MR) is 118 cm³/mol. The molecule has 8 heteroatoms. The third-order valence-corrected chi connectivity index (χ3v) is 7.45. The van der Waals surface area contributed by atoms with E-state index in [2.05, 4.69) is 38.3 Å². The maximum Gasteiger partial charge on any atom is 0.297 e. The third kappa shape index (κ3) is 4.82. The largest absolute Gasteiger partial charge is 0.349 e. The molecule has 1 saturated heterocycles. The Hall–Kier alpha value is -1.48. The van der Waals surface area contributed by atoms with Crippen LogP contribution in [-0.2, 0) is 14.3 Å². The Kier molecular flexibility index (Phi) is 6.24. The van der Waals surface area contributed by atoms with E-state index in [4.69, 9.17) is 9.18 Å². The molecule has 3 atom stereocenters. The maximum atomic E-state index is 12.5. The molecule has 0 amide bonds. The minimum Gasteiger partial charge on any atom is -0.349 e. The second kappa shape index (κ2) is 8.71. The highest BCUT2D eigenvalue weighted by atomic mass is 79.9. The van der Waals surface area contributed by atoms with Crippen molar-refractivity contribution in [1.82, 2.24) is 10.2 Å². The molecule has 0 radical (unpaired) electrons. The van der Waals surface area contributed by atoms with Gasteiger partial charge >= 0.3 is 0 Å². The van der Waals surface area contributed by atoms with E-state index in [1.165, 1.54) is 6.42 Å². The molecular formula is C21H26BrN3O3S. The predicted octanol–water partition coefficient (Wildman–Crippen LogP) is 3.14. The van der Waals surface area contributed by atoms with Crippen LogP contribution in [0.4, 0.5) is 0 Å². The van der Waals surface area contributed by atoms with Gasteiger partial charge in [-0.15, -0.1) is 0 Å². The fraction of sp³-hybridized carbons (Fsp3) is 0.476. The molecule has 2 unspecified atom stereocenters. The summed E-state index contributed by atoms with van der Waals surface area (Å²) in [6, 6.07) is 7.32. The average molecular weight is 480 g/mol. The maximum absolute atomic E-state index is 12.5. The van der Waals surface area contributed by atoms with Crippen LogP contribution in [-0.4, -0.2) is 57.0 Å². The first-order valence-electron chi connectivity index (χ1n) is 10.0. The van der Waals surface area contributed by atoms with Crippen LogP contribution in [0.3, 0.4) is 0 Å². The van der Waals surface area contributed by atoms with Crippen molar-refractivity contribution in [3.05, 3.63) is 52.5 Å². The SMILES string of the molecule is Cc1ccc(S(=O)(=O)OCCN2C(C[C@@H]3CCCN3)=NC3C=C(Br)C=CC32)cc1. The molecule has 2 heterocycles. The van der Waals surface area contributed by atoms with Crippen molar-refractivity contribution >= 4 is 31.9 Å². The number of amidine groups is 1. The summed E-state index contributed by atoms with van der Waals surface area (Å²) >= 11 is 3.53. The number of aliphatic imine (C=N–C) groups is 1. The first kappa shape index (κ1) is 20.8. The molecule has 1 aliphatic carbocycles. The summed E-state index contributed by atoms with van der Waals surface area (Å²) in [4.78, 5) is 7.32. The van der Waals surface area contributed by atoms with E-state index in [1.807, 2.05) is 13.0 Å². The lowest BCUT2D eigenvalue weighted by Gasteiger charge is -2.29. The number of hydrogen-bond donors (Lipinski definition) is 1. The summed E-state index contributed by atoms with van der Waals surface area (Å²) in [5.41, 5.74) is 1.01. The quantitative estimate of drug-likeness (QED) is 0.608. The number of nitrogens with one attached hydrogen (secondary N) is 1. The zero-order valence-corrected chi connectivity index (χ0v) is 18.8. The summed E-state index contributed by atoms with van der Waals surface area (Å²) in [5, 5.41) is 3.52. The fourth-order valence-corrected chi connectivity index (χ4v) is 5.38. The fourth-order valence-electron chi connectivity index (χ4n) is 4.06. The Balaban J connectivity index is 1.43. The van der Waals surface area contributed by atoms with Gasteiger partial charge in [0.2, 0.25) is 0 Å². The van der Waals surface area contributed by atoms with Crippen molar-refractivity contribution in [3.63, 3.8) is 0 Å². The van der Waals surface area contributed by atoms with Gasteiger partial charge in [0.1, 0.15) is 5.84 Å². The van der Waals surface area contributed by atoms with Crippen LogP contribution in [0, 0.1) is 6.92 Å². The number of fused-ring (bicyclic) bond motifs is 1. The van der Waals surface area contributed by atoms with Crippen molar-refractivity contribution in [3.8, 4) is 0 Å². The normalized spacial score (nSPS) is 26.4. The topological polar surface area (TPSA) is 71.0 Å². The number of hydrogen-bond acceptors (Lipinski definition) is 6. The molecule has 3 aliphatic rings. The van der Waals surface area contributed by atoms with Gasteiger partial charge in [0.25, 0.3) is 10.1 Å². The molecule has 2 aliphatic heterocycles. The summed E-state index contributed by atoms with van der Waals surface area (Å²) in [6.07, 6.45) is 9.46. The molecule has 29 heavy (non-hydrogen) atoms. The first-order chi connectivity index (χ1) is 13.9. The number of halogens is 1.